The van der Waals surface area contributed by atoms with Crippen LogP contribution in [0.3, 0.4) is 0 Å². The predicted molar refractivity (Wildman–Crippen MR) is 69.1 cm³/mol. The summed E-state index contributed by atoms with van der Waals surface area (Å²) in [7, 11) is 1.95. The lowest BCUT2D eigenvalue weighted by Crippen LogP contribution is -2.48. The quantitative estimate of drug-likeness (QED) is 0.815. The first-order valence-corrected chi connectivity index (χ1v) is 6.00. The number of carbonyl (C=O) groups is 1. The van der Waals surface area contributed by atoms with E-state index in [1.54, 1.807) is 0 Å². The SMILES string of the molecule is CNC(C)c1ccccc1N1CCNC(=O)C1. The van der Waals surface area contributed by atoms with Crippen molar-refractivity contribution < 1.29 is 4.79 Å². The summed E-state index contributed by atoms with van der Waals surface area (Å²) in [5.74, 6) is 0.100. The van der Waals surface area contributed by atoms with Crippen molar-refractivity contribution in [2.75, 3.05) is 31.6 Å². The first-order chi connectivity index (χ1) is 8.22. The maximum absolute atomic E-state index is 11.4. The number of para-hydroxylation sites is 1. The van der Waals surface area contributed by atoms with Gasteiger partial charge in [-0.3, -0.25) is 4.79 Å². The normalized spacial score (nSPS) is 17.8. The third-order valence-electron chi connectivity index (χ3n) is 3.22. The topological polar surface area (TPSA) is 44.4 Å². The van der Waals surface area contributed by atoms with E-state index in [1.165, 1.54) is 5.56 Å². The molecular formula is C13H19N3O. The number of carbonyl (C=O) groups excluding carboxylic acids is 1. The lowest BCUT2D eigenvalue weighted by Gasteiger charge is -2.31. The lowest BCUT2D eigenvalue weighted by atomic mass is 10.0. The van der Waals surface area contributed by atoms with Crippen LogP contribution in [0.1, 0.15) is 18.5 Å². The van der Waals surface area contributed by atoms with Gasteiger partial charge in [0.15, 0.2) is 0 Å². The zero-order chi connectivity index (χ0) is 12.3. The highest BCUT2D eigenvalue weighted by Gasteiger charge is 2.19. The van der Waals surface area contributed by atoms with E-state index in [0.29, 0.717) is 6.54 Å². The Kier molecular flexibility index (Phi) is 3.64. The molecule has 1 heterocycles. The molecule has 1 atom stereocenters. The molecule has 4 heteroatoms. The second-order valence-electron chi connectivity index (χ2n) is 4.34. The van der Waals surface area contributed by atoms with Crippen molar-refractivity contribution in [1.82, 2.24) is 10.6 Å². The molecule has 0 spiro atoms. The van der Waals surface area contributed by atoms with E-state index in [0.717, 1.165) is 18.8 Å². The molecule has 17 heavy (non-hydrogen) atoms. The number of amides is 1. The molecule has 1 aliphatic heterocycles. The largest absolute Gasteiger partial charge is 0.360 e. The average Bonchev–Trinajstić information content (AvgIpc) is 2.38. The van der Waals surface area contributed by atoms with Crippen LogP contribution in [-0.2, 0) is 4.79 Å². The van der Waals surface area contributed by atoms with Crippen molar-refractivity contribution >= 4 is 11.6 Å². The molecule has 1 aromatic carbocycles. The summed E-state index contributed by atoms with van der Waals surface area (Å²) < 4.78 is 0. The van der Waals surface area contributed by atoms with Gasteiger partial charge >= 0.3 is 0 Å². The third kappa shape index (κ3) is 2.58. The molecule has 1 saturated heterocycles. The molecule has 92 valence electrons. The van der Waals surface area contributed by atoms with Crippen LogP contribution in [0.2, 0.25) is 0 Å². The van der Waals surface area contributed by atoms with Gasteiger partial charge in [0.05, 0.1) is 6.54 Å². The summed E-state index contributed by atoms with van der Waals surface area (Å²) in [5.41, 5.74) is 2.40. The Balaban J connectivity index is 2.27. The minimum Gasteiger partial charge on any atom is -0.360 e. The van der Waals surface area contributed by atoms with Crippen LogP contribution in [0.4, 0.5) is 5.69 Å². The molecule has 2 N–H and O–H groups in total. The highest BCUT2D eigenvalue weighted by Crippen LogP contribution is 2.26. The number of benzene rings is 1. The molecule has 1 unspecified atom stereocenters. The van der Waals surface area contributed by atoms with Crippen LogP contribution in [0.5, 0.6) is 0 Å². The molecule has 0 aliphatic carbocycles. The summed E-state index contributed by atoms with van der Waals surface area (Å²) in [5, 5.41) is 6.09. The van der Waals surface area contributed by atoms with Gasteiger partial charge in [0.25, 0.3) is 0 Å². The Morgan fingerprint density at radius 3 is 2.88 bits per heavy atom. The van der Waals surface area contributed by atoms with Gasteiger partial charge in [-0.25, -0.2) is 0 Å². The van der Waals surface area contributed by atoms with Crippen LogP contribution >= 0.6 is 0 Å². The second kappa shape index (κ2) is 5.19. The molecular weight excluding hydrogens is 214 g/mol. The van der Waals surface area contributed by atoms with E-state index in [4.69, 9.17) is 0 Å². The van der Waals surface area contributed by atoms with Crippen molar-refractivity contribution in [2.24, 2.45) is 0 Å². The van der Waals surface area contributed by atoms with Gasteiger partial charge in [0.2, 0.25) is 5.91 Å². The molecule has 0 saturated carbocycles. The van der Waals surface area contributed by atoms with E-state index < -0.39 is 0 Å². The fourth-order valence-electron chi connectivity index (χ4n) is 2.14. The van der Waals surface area contributed by atoms with E-state index in [9.17, 15) is 4.79 Å². The van der Waals surface area contributed by atoms with E-state index >= 15 is 0 Å². The van der Waals surface area contributed by atoms with E-state index in [2.05, 4.69) is 34.6 Å². The standard InChI is InChI=1S/C13H19N3O/c1-10(14-2)11-5-3-4-6-12(11)16-8-7-15-13(17)9-16/h3-6,10,14H,7-9H2,1-2H3,(H,15,17). The van der Waals surface area contributed by atoms with Crippen LogP contribution in [0.25, 0.3) is 0 Å². The van der Waals surface area contributed by atoms with Gasteiger partial charge in [-0.1, -0.05) is 18.2 Å². The summed E-state index contributed by atoms with van der Waals surface area (Å²) in [6.07, 6.45) is 0. The highest BCUT2D eigenvalue weighted by molar-refractivity contribution is 5.83. The minimum absolute atomic E-state index is 0.100. The van der Waals surface area contributed by atoms with Gasteiger partial charge < -0.3 is 15.5 Å². The first-order valence-electron chi connectivity index (χ1n) is 6.00. The second-order valence-corrected chi connectivity index (χ2v) is 4.34. The van der Waals surface area contributed by atoms with Crippen LogP contribution in [0, 0.1) is 0 Å². The Bertz CT molecular complexity index is 405. The average molecular weight is 233 g/mol. The molecule has 0 bridgehead atoms. The fourth-order valence-corrected chi connectivity index (χ4v) is 2.14. The first kappa shape index (κ1) is 11.9. The van der Waals surface area contributed by atoms with Crippen molar-refractivity contribution in [3.63, 3.8) is 0 Å². The van der Waals surface area contributed by atoms with E-state index in [1.807, 2.05) is 19.2 Å². The molecule has 2 rings (SSSR count). The van der Waals surface area contributed by atoms with Crippen molar-refractivity contribution in [2.45, 2.75) is 13.0 Å². The molecule has 0 aromatic heterocycles. The van der Waals surface area contributed by atoms with E-state index in [-0.39, 0.29) is 11.9 Å². The number of rotatable bonds is 3. The van der Waals surface area contributed by atoms with Gasteiger partial charge in [0, 0.05) is 24.8 Å². The Morgan fingerprint density at radius 2 is 2.18 bits per heavy atom. The molecule has 1 amide bonds. The number of piperazine rings is 1. The Hall–Kier alpha value is -1.55. The predicted octanol–water partition coefficient (Wildman–Crippen LogP) is 0.903. The van der Waals surface area contributed by atoms with Crippen molar-refractivity contribution in [3.05, 3.63) is 29.8 Å². The van der Waals surface area contributed by atoms with Gasteiger partial charge in [-0.15, -0.1) is 0 Å². The number of hydrogen-bond acceptors (Lipinski definition) is 3. The zero-order valence-corrected chi connectivity index (χ0v) is 10.4. The molecule has 1 fully saturated rings. The minimum atomic E-state index is 0.100. The van der Waals surface area contributed by atoms with Gasteiger partial charge in [0.1, 0.15) is 0 Å². The lowest BCUT2D eigenvalue weighted by molar-refractivity contribution is -0.120. The Morgan fingerprint density at radius 1 is 1.41 bits per heavy atom. The molecule has 0 radical (unpaired) electrons. The van der Waals surface area contributed by atoms with Crippen LogP contribution in [0.15, 0.2) is 24.3 Å². The summed E-state index contributed by atoms with van der Waals surface area (Å²) >= 11 is 0. The van der Waals surface area contributed by atoms with Crippen LogP contribution in [-0.4, -0.2) is 32.6 Å². The Labute approximate surface area is 102 Å². The van der Waals surface area contributed by atoms with Crippen molar-refractivity contribution in [3.8, 4) is 0 Å². The smallest absolute Gasteiger partial charge is 0.239 e. The van der Waals surface area contributed by atoms with Crippen LogP contribution < -0.4 is 15.5 Å². The summed E-state index contributed by atoms with van der Waals surface area (Å²) in [4.78, 5) is 13.6. The zero-order valence-electron chi connectivity index (χ0n) is 10.4. The highest BCUT2D eigenvalue weighted by atomic mass is 16.2. The fraction of sp³-hybridized carbons (Fsp3) is 0.462. The van der Waals surface area contributed by atoms with Gasteiger partial charge in [-0.2, -0.15) is 0 Å². The monoisotopic (exact) mass is 233 g/mol. The van der Waals surface area contributed by atoms with Crippen molar-refractivity contribution in [1.29, 1.82) is 0 Å². The molecule has 4 nitrogen and oxygen atoms in total. The summed E-state index contributed by atoms with van der Waals surface area (Å²) in [6.45, 7) is 4.18. The number of nitrogens with zero attached hydrogens (tertiary/aromatic N) is 1. The molecule has 1 aromatic rings. The third-order valence-corrected chi connectivity index (χ3v) is 3.22. The number of nitrogens with one attached hydrogen (secondary N) is 2. The maximum Gasteiger partial charge on any atom is 0.239 e. The molecule has 1 aliphatic rings. The maximum atomic E-state index is 11.4. The number of anilines is 1. The summed E-state index contributed by atoms with van der Waals surface area (Å²) in [6, 6.07) is 8.55. The number of hydrogen-bond donors (Lipinski definition) is 2. The van der Waals surface area contributed by atoms with Gasteiger partial charge in [-0.05, 0) is 25.6 Å².